The molecule has 0 bridgehead atoms. The summed E-state index contributed by atoms with van der Waals surface area (Å²) in [5.41, 5.74) is 1.15. The van der Waals surface area contributed by atoms with Gasteiger partial charge in [0.15, 0.2) is 0 Å². The Labute approximate surface area is 87.1 Å². The molecule has 1 rings (SSSR count). The number of rotatable bonds is 3. The molecule has 82 valence electrons. The molecule has 1 N–H and O–H groups in total. The van der Waals surface area contributed by atoms with Gasteiger partial charge in [-0.1, -0.05) is 0 Å². The number of carboxylic acids is 1. The van der Waals surface area contributed by atoms with Crippen LogP contribution in [-0.2, 0) is 11.8 Å². The molecule has 1 amide bonds. The Morgan fingerprint density at radius 1 is 1.60 bits per heavy atom. The van der Waals surface area contributed by atoms with Crippen molar-refractivity contribution >= 4 is 11.9 Å². The molecule has 6 heteroatoms. The molecule has 0 unspecified atom stereocenters. The molecule has 6 nitrogen and oxygen atoms in total. The molecule has 0 aromatic carbocycles. The second-order valence-corrected chi connectivity index (χ2v) is 3.32. The standard InChI is InChI=1S/C9H13N3O3/c1-6-7(4-10-12(6)3)9(15)11(2)5-8(13)14/h4H,5H2,1-3H3,(H,13,14). The number of aliphatic carboxylic acids is 1. The number of carboxylic acid groups (broad SMARTS) is 1. The van der Waals surface area contributed by atoms with Gasteiger partial charge < -0.3 is 10.0 Å². The van der Waals surface area contributed by atoms with E-state index in [4.69, 9.17) is 5.11 Å². The van der Waals surface area contributed by atoms with Crippen LogP contribution in [0.5, 0.6) is 0 Å². The van der Waals surface area contributed by atoms with E-state index < -0.39 is 5.97 Å². The van der Waals surface area contributed by atoms with Crippen LogP contribution in [0.15, 0.2) is 6.20 Å². The molecule has 1 aromatic rings. The van der Waals surface area contributed by atoms with Gasteiger partial charge in [0, 0.05) is 19.8 Å². The van der Waals surface area contributed by atoms with Crippen LogP contribution in [0.4, 0.5) is 0 Å². The lowest BCUT2D eigenvalue weighted by Gasteiger charge is -2.13. The number of amides is 1. The highest BCUT2D eigenvalue weighted by Crippen LogP contribution is 2.08. The van der Waals surface area contributed by atoms with Crippen LogP contribution < -0.4 is 0 Å². The Hall–Kier alpha value is -1.85. The topological polar surface area (TPSA) is 75.4 Å². The third-order valence-corrected chi connectivity index (χ3v) is 2.18. The van der Waals surface area contributed by atoms with Gasteiger partial charge in [0.05, 0.1) is 11.8 Å². The molecule has 0 spiro atoms. The summed E-state index contributed by atoms with van der Waals surface area (Å²) in [6, 6.07) is 0. The fraction of sp³-hybridized carbons (Fsp3) is 0.444. The molecule has 1 heterocycles. The molecule has 0 aliphatic rings. The van der Waals surface area contributed by atoms with E-state index >= 15 is 0 Å². The summed E-state index contributed by atoms with van der Waals surface area (Å²) in [7, 11) is 3.17. The van der Waals surface area contributed by atoms with Gasteiger partial charge in [0.25, 0.3) is 5.91 Å². The van der Waals surface area contributed by atoms with E-state index in [0.29, 0.717) is 5.56 Å². The summed E-state index contributed by atoms with van der Waals surface area (Å²) < 4.78 is 1.57. The minimum absolute atomic E-state index is 0.312. The van der Waals surface area contributed by atoms with E-state index in [2.05, 4.69) is 5.10 Å². The summed E-state index contributed by atoms with van der Waals surface area (Å²) in [5.74, 6) is -1.37. The molecule has 0 atom stereocenters. The van der Waals surface area contributed by atoms with E-state index in [9.17, 15) is 9.59 Å². The number of aryl methyl sites for hydroxylation is 1. The van der Waals surface area contributed by atoms with Crippen molar-refractivity contribution in [1.82, 2.24) is 14.7 Å². The van der Waals surface area contributed by atoms with Gasteiger partial charge in [-0.3, -0.25) is 14.3 Å². The van der Waals surface area contributed by atoms with E-state index in [0.717, 1.165) is 10.6 Å². The van der Waals surface area contributed by atoms with Crippen LogP contribution in [-0.4, -0.2) is 45.3 Å². The fourth-order valence-corrected chi connectivity index (χ4v) is 1.19. The van der Waals surface area contributed by atoms with Crippen molar-refractivity contribution in [2.45, 2.75) is 6.92 Å². The lowest BCUT2D eigenvalue weighted by molar-refractivity contribution is -0.137. The first-order chi connectivity index (χ1) is 6.93. The molecule has 0 radical (unpaired) electrons. The number of hydrogen-bond acceptors (Lipinski definition) is 3. The highest BCUT2D eigenvalue weighted by Gasteiger charge is 2.18. The van der Waals surface area contributed by atoms with E-state index in [1.54, 1.807) is 18.7 Å². The molecule has 0 aliphatic carbocycles. The monoisotopic (exact) mass is 211 g/mol. The molecule has 0 saturated carbocycles. The molecule has 0 fully saturated rings. The lowest BCUT2D eigenvalue weighted by Crippen LogP contribution is -2.32. The smallest absolute Gasteiger partial charge is 0.323 e. The molecular formula is C9H13N3O3. The zero-order valence-corrected chi connectivity index (χ0v) is 8.89. The maximum absolute atomic E-state index is 11.7. The predicted octanol–water partition coefficient (Wildman–Crippen LogP) is -0.115. The van der Waals surface area contributed by atoms with Gasteiger partial charge in [-0.05, 0) is 6.92 Å². The quantitative estimate of drug-likeness (QED) is 0.756. The highest BCUT2D eigenvalue weighted by atomic mass is 16.4. The van der Waals surface area contributed by atoms with Crippen molar-refractivity contribution in [3.8, 4) is 0 Å². The number of carbonyl (C=O) groups excluding carboxylic acids is 1. The van der Waals surface area contributed by atoms with Crippen molar-refractivity contribution in [3.05, 3.63) is 17.5 Å². The largest absolute Gasteiger partial charge is 0.480 e. The third-order valence-electron chi connectivity index (χ3n) is 2.18. The van der Waals surface area contributed by atoms with E-state index in [-0.39, 0.29) is 12.5 Å². The van der Waals surface area contributed by atoms with Crippen molar-refractivity contribution in [2.75, 3.05) is 13.6 Å². The van der Waals surface area contributed by atoms with Gasteiger partial charge in [0.1, 0.15) is 6.54 Å². The van der Waals surface area contributed by atoms with Gasteiger partial charge in [-0.15, -0.1) is 0 Å². The van der Waals surface area contributed by atoms with Gasteiger partial charge in [-0.2, -0.15) is 5.10 Å². The van der Waals surface area contributed by atoms with Crippen molar-refractivity contribution in [1.29, 1.82) is 0 Å². The normalized spacial score (nSPS) is 10.1. The summed E-state index contributed by atoms with van der Waals surface area (Å²) in [4.78, 5) is 23.3. The Balaban J connectivity index is 2.85. The average molecular weight is 211 g/mol. The van der Waals surface area contributed by atoms with Crippen LogP contribution in [0.2, 0.25) is 0 Å². The second-order valence-electron chi connectivity index (χ2n) is 3.32. The number of likely N-dealkylation sites (N-methyl/N-ethyl adjacent to an activating group) is 1. The number of hydrogen-bond donors (Lipinski definition) is 1. The van der Waals surface area contributed by atoms with Crippen LogP contribution >= 0.6 is 0 Å². The van der Waals surface area contributed by atoms with Gasteiger partial charge in [0.2, 0.25) is 0 Å². The van der Waals surface area contributed by atoms with Crippen molar-refractivity contribution in [2.24, 2.45) is 7.05 Å². The van der Waals surface area contributed by atoms with E-state index in [1.807, 2.05) is 0 Å². The second kappa shape index (κ2) is 4.12. The molecule has 0 aliphatic heterocycles. The average Bonchev–Trinajstić information content (AvgIpc) is 2.45. The summed E-state index contributed by atoms with van der Waals surface area (Å²) in [5, 5.41) is 12.5. The maximum Gasteiger partial charge on any atom is 0.323 e. The Morgan fingerprint density at radius 3 is 2.60 bits per heavy atom. The fourth-order valence-electron chi connectivity index (χ4n) is 1.19. The molecule has 0 saturated heterocycles. The zero-order valence-electron chi connectivity index (χ0n) is 8.89. The van der Waals surface area contributed by atoms with Gasteiger partial charge >= 0.3 is 5.97 Å². The SMILES string of the molecule is Cc1c(C(=O)N(C)CC(=O)O)cnn1C. The van der Waals surface area contributed by atoms with Crippen LogP contribution in [0, 0.1) is 6.92 Å². The summed E-state index contributed by atoms with van der Waals surface area (Å²) >= 11 is 0. The third kappa shape index (κ3) is 2.34. The number of carbonyl (C=O) groups is 2. The first-order valence-electron chi connectivity index (χ1n) is 4.39. The first-order valence-corrected chi connectivity index (χ1v) is 4.39. The maximum atomic E-state index is 11.7. The molecule has 15 heavy (non-hydrogen) atoms. The summed E-state index contributed by atoms with van der Waals surface area (Å²) in [6.45, 7) is 1.45. The lowest BCUT2D eigenvalue weighted by atomic mass is 10.2. The number of nitrogens with zero attached hydrogens (tertiary/aromatic N) is 3. The molecular weight excluding hydrogens is 198 g/mol. The Bertz CT molecular complexity index is 397. The van der Waals surface area contributed by atoms with E-state index in [1.165, 1.54) is 13.2 Å². The Kier molecular flexibility index (Phi) is 3.08. The highest BCUT2D eigenvalue weighted by molar-refractivity contribution is 5.96. The predicted molar refractivity (Wildman–Crippen MR) is 52.5 cm³/mol. The number of aromatic nitrogens is 2. The minimum Gasteiger partial charge on any atom is -0.480 e. The van der Waals surface area contributed by atoms with Crippen LogP contribution in [0.1, 0.15) is 16.1 Å². The van der Waals surface area contributed by atoms with Crippen LogP contribution in [0.25, 0.3) is 0 Å². The van der Waals surface area contributed by atoms with Crippen LogP contribution in [0.3, 0.4) is 0 Å². The Morgan fingerprint density at radius 2 is 2.20 bits per heavy atom. The molecule has 1 aromatic heterocycles. The minimum atomic E-state index is -1.03. The summed E-state index contributed by atoms with van der Waals surface area (Å²) in [6.07, 6.45) is 1.44. The van der Waals surface area contributed by atoms with Crippen molar-refractivity contribution in [3.63, 3.8) is 0 Å². The van der Waals surface area contributed by atoms with Crippen molar-refractivity contribution < 1.29 is 14.7 Å². The van der Waals surface area contributed by atoms with Gasteiger partial charge in [-0.25, -0.2) is 0 Å². The first kappa shape index (κ1) is 11.2. The zero-order chi connectivity index (χ0) is 11.6.